The normalized spacial score (nSPS) is 19.9. The third-order valence-corrected chi connectivity index (χ3v) is 27.3. The summed E-state index contributed by atoms with van der Waals surface area (Å²) < 4.78 is 17.8. The summed E-state index contributed by atoms with van der Waals surface area (Å²) in [6.45, 7) is 22.5. The highest BCUT2D eigenvalue weighted by atomic mass is 35.5. The van der Waals surface area contributed by atoms with Crippen molar-refractivity contribution in [2.45, 2.75) is 115 Å². The van der Waals surface area contributed by atoms with Crippen LogP contribution in [0, 0.1) is 0 Å². The van der Waals surface area contributed by atoms with E-state index in [1.165, 1.54) is 0 Å². The zero-order valence-electron chi connectivity index (χ0n) is 45.7. The number of nitrogens with zero attached hydrogens (tertiary/aromatic N) is 2. The Morgan fingerprint density at radius 1 is 0.544 bits per heavy atom. The Morgan fingerprint density at radius 2 is 1.05 bits per heavy atom. The minimum Gasteiger partial charge on any atom is -0.410 e. The number of aromatic amines is 2. The lowest BCUT2D eigenvalue weighted by Crippen LogP contribution is -2.43. The van der Waals surface area contributed by atoms with Gasteiger partial charge in [0.2, 0.25) is 0 Å². The molecule has 4 aliphatic rings. The maximum absolute atomic E-state index is 13.4. The molecule has 17 heteroatoms. The monoisotopic (exact) mass is 1150 g/mol. The van der Waals surface area contributed by atoms with Gasteiger partial charge in [-0.25, -0.2) is 0 Å². The first-order valence-corrected chi connectivity index (χ1v) is 33.7. The Hall–Kier alpha value is -6.50. The van der Waals surface area contributed by atoms with Gasteiger partial charge in [0.25, 0.3) is 23.6 Å². The first-order chi connectivity index (χ1) is 37.3. The summed E-state index contributed by atoms with van der Waals surface area (Å²) in [5, 5.41) is 11.8. The highest BCUT2D eigenvalue weighted by molar-refractivity contribution is 6.74. The number of rotatable bonds is 8. The maximum atomic E-state index is 13.4. The number of hydrogen-bond acceptors (Lipinski definition) is 6. The second kappa shape index (κ2) is 18.8. The minimum absolute atomic E-state index is 0.0000781. The van der Waals surface area contributed by atoms with Crippen LogP contribution in [0.15, 0.2) is 115 Å². The lowest BCUT2D eigenvalue weighted by atomic mass is 9.95. The van der Waals surface area contributed by atoms with Gasteiger partial charge in [0.05, 0.1) is 68.6 Å². The summed E-state index contributed by atoms with van der Waals surface area (Å²) in [4.78, 5) is 60.0. The molecule has 79 heavy (non-hydrogen) atoms. The molecule has 0 radical (unpaired) electrons. The molecular weight excluding hydrogens is 1090 g/mol. The van der Waals surface area contributed by atoms with Crippen LogP contribution in [0.25, 0.3) is 76.6 Å². The standard InChI is InChI=1S/C31H31Cl2N3O3Si.C31H30ClN3O3Si/c1-31(2,3)40(4,5)39-19-12-11-18(15-19)36-24-14-17(32)10-13-21(24)25(28(36)33)27-26(29(37)35-30(27)38)22-16-34-23-9-7-6-8-20(22)23;1-31(2,3)39(4,5)38-18-12-11-17(15-18)35-22-14-16(32)10-13-20(22)24-26-25(29(36)34-30(26)37)23-19-8-6-7-9-21(19)33-27(23)28(24)35/h6-14,16,18-19,34H,15H2,1-5H3,(H,35,37,38);6-14,17-18,33H,15H2,1-5H3,(H,34,36,37)/t18?,19-;17?,18-/m11/s1. The number of fused-ring (bicyclic) bond motifs is 12. The number of H-pyrrole nitrogens is 2. The van der Waals surface area contributed by atoms with E-state index in [1.807, 2.05) is 83.4 Å². The second-order valence-corrected chi connectivity index (χ2v) is 35.1. The Labute approximate surface area is 474 Å². The Morgan fingerprint density at radius 3 is 1.66 bits per heavy atom. The molecular formula is C62H61Cl3N6O6Si2. The number of imide groups is 2. The summed E-state index contributed by atoms with van der Waals surface area (Å²) in [6, 6.07) is 26.8. The fourth-order valence-electron chi connectivity index (χ4n) is 11.6. The number of carbonyl (C=O) groups is 4. The highest BCUT2D eigenvalue weighted by Crippen LogP contribution is 2.49. The molecule has 404 valence electrons. The first kappa shape index (κ1) is 53.2. The summed E-state index contributed by atoms with van der Waals surface area (Å²) >= 11 is 20.2. The van der Waals surface area contributed by atoms with Crippen molar-refractivity contribution in [3.63, 3.8) is 0 Å². The van der Waals surface area contributed by atoms with Gasteiger partial charge in [0.1, 0.15) is 5.15 Å². The number of carbonyl (C=O) groups excluding carboxylic acids is 4. The maximum Gasteiger partial charge on any atom is 0.259 e. The largest absolute Gasteiger partial charge is 0.410 e. The average molecular weight is 1150 g/mol. The average Bonchev–Trinajstić information content (AvgIpc) is 3.36. The van der Waals surface area contributed by atoms with Crippen LogP contribution >= 0.6 is 34.8 Å². The molecule has 12 nitrogen and oxygen atoms in total. The molecule has 4 aromatic heterocycles. The number of nitrogens with one attached hydrogen (secondary N) is 4. The van der Waals surface area contributed by atoms with Crippen LogP contribution in [-0.4, -0.2) is 71.6 Å². The first-order valence-electron chi connectivity index (χ1n) is 26.8. The van der Waals surface area contributed by atoms with E-state index in [-0.39, 0.29) is 51.8 Å². The van der Waals surface area contributed by atoms with Crippen LogP contribution < -0.4 is 10.6 Å². The number of hydrogen-bond donors (Lipinski definition) is 4. The molecule has 4 amide bonds. The van der Waals surface area contributed by atoms with E-state index in [9.17, 15) is 19.2 Å². The van der Waals surface area contributed by atoms with Crippen LogP contribution in [0.2, 0.25) is 51.5 Å². The van der Waals surface area contributed by atoms with E-state index in [4.69, 9.17) is 43.7 Å². The molecule has 0 bridgehead atoms. The zero-order valence-corrected chi connectivity index (χ0v) is 49.9. The smallest absolute Gasteiger partial charge is 0.259 e. The summed E-state index contributed by atoms with van der Waals surface area (Å²) in [5.74, 6) is -1.63. The van der Waals surface area contributed by atoms with Crippen molar-refractivity contribution in [3.05, 3.63) is 153 Å². The van der Waals surface area contributed by atoms with Crippen molar-refractivity contribution < 1.29 is 28.0 Å². The topological polar surface area (TPSA) is 152 Å². The van der Waals surface area contributed by atoms with Crippen molar-refractivity contribution in [3.8, 4) is 0 Å². The van der Waals surface area contributed by atoms with Gasteiger partial charge in [-0.1, -0.05) is 149 Å². The zero-order chi connectivity index (χ0) is 56.0. The highest BCUT2D eigenvalue weighted by Gasteiger charge is 2.44. The Balaban J connectivity index is 0.000000158. The van der Waals surface area contributed by atoms with Crippen LogP contribution in [0.5, 0.6) is 0 Å². The van der Waals surface area contributed by atoms with E-state index < -0.39 is 28.4 Å². The fourth-order valence-corrected chi connectivity index (χ4v) is 15.0. The van der Waals surface area contributed by atoms with Gasteiger partial charge in [-0.2, -0.15) is 0 Å². The Bertz CT molecular complexity index is 4240. The SMILES string of the molecule is CC(C)(C)[Si](C)(C)O[C@@H]1C=CC(n2c(Cl)c(C3=C(c4c[nH]c5ccccc45)C(=O)NC3=O)c3ccc(Cl)cc32)C1.CC(C)(C)[Si](C)(C)O[C@@H]1C=CC(n2c3cc(Cl)ccc3c3c4c(c5c6ccccc6[nH]c5c32)C(=O)NC4=O)C1. The van der Waals surface area contributed by atoms with Crippen LogP contribution in [0.3, 0.4) is 0 Å². The molecule has 2 aliphatic carbocycles. The molecule has 13 rings (SSSR count). The molecule has 5 aromatic carbocycles. The lowest BCUT2D eigenvalue weighted by molar-refractivity contribution is -0.122. The van der Waals surface area contributed by atoms with Crippen molar-refractivity contribution in [2.24, 2.45) is 0 Å². The van der Waals surface area contributed by atoms with Gasteiger partial charge in [-0.3, -0.25) is 29.8 Å². The number of para-hydroxylation sites is 2. The summed E-state index contributed by atoms with van der Waals surface area (Å²) in [5.41, 5.74) is 7.92. The lowest BCUT2D eigenvalue weighted by Gasteiger charge is -2.38. The number of halogens is 3. The molecule has 9 aromatic rings. The van der Waals surface area contributed by atoms with Gasteiger partial charge in [0, 0.05) is 83.6 Å². The number of amides is 4. The second-order valence-electron chi connectivity index (χ2n) is 24.4. The molecule has 4 atom stereocenters. The molecule has 4 N–H and O–H groups in total. The third kappa shape index (κ3) is 8.59. The predicted molar refractivity (Wildman–Crippen MR) is 326 cm³/mol. The van der Waals surface area contributed by atoms with Gasteiger partial charge >= 0.3 is 0 Å². The predicted octanol–water partition coefficient (Wildman–Crippen LogP) is 15.7. The molecule has 0 saturated heterocycles. The van der Waals surface area contributed by atoms with E-state index in [1.54, 1.807) is 12.3 Å². The van der Waals surface area contributed by atoms with E-state index in [2.05, 4.69) is 117 Å². The van der Waals surface area contributed by atoms with Crippen molar-refractivity contribution in [1.29, 1.82) is 0 Å². The third-order valence-electron chi connectivity index (χ3n) is 17.5. The van der Waals surface area contributed by atoms with Crippen LogP contribution in [0.1, 0.15) is 98.3 Å². The minimum atomic E-state index is -1.99. The van der Waals surface area contributed by atoms with E-state index >= 15 is 0 Å². The molecule has 2 aliphatic heterocycles. The molecule has 2 unspecified atom stereocenters. The van der Waals surface area contributed by atoms with Gasteiger partial charge < -0.3 is 28.0 Å². The summed E-state index contributed by atoms with van der Waals surface area (Å²) in [6.07, 6.45) is 11.8. The van der Waals surface area contributed by atoms with E-state index in [0.717, 1.165) is 71.8 Å². The molecule has 0 fully saturated rings. The molecule has 0 saturated carbocycles. The molecule has 6 heterocycles. The quantitative estimate of drug-likeness (QED) is 0.0675. The summed E-state index contributed by atoms with van der Waals surface area (Å²) in [7, 11) is -3.96. The Kier molecular flexibility index (Phi) is 12.7. The number of allylic oxidation sites excluding steroid dienone is 2. The van der Waals surface area contributed by atoms with E-state index in [0.29, 0.717) is 49.4 Å². The number of aromatic nitrogens is 4. The van der Waals surface area contributed by atoms with Crippen molar-refractivity contribution in [2.75, 3.05) is 0 Å². The van der Waals surface area contributed by atoms with Crippen LogP contribution in [0.4, 0.5) is 0 Å². The fraction of sp³-hybridized carbons (Fsp3) is 0.290. The van der Waals surface area contributed by atoms with Crippen molar-refractivity contribution >= 4 is 152 Å². The van der Waals surface area contributed by atoms with Gasteiger partial charge in [-0.05, 0) is 72.7 Å². The van der Waals surface area contributed by atoms with Crippen LogP contribution in [-0.2, 0) is 18.4 Å². The molecule has 0 spiro atoms. The van der Waals surface area contributed by atoms with Gasteiger partial charge in [0.15, 0.2) is 16.6 Å². The van der Waals surface area contributed by atoms with Gasteiger partial charge in [-0.15, -0.1) is 0 Å². The van der Waals surface area contributed by atoms with Crippen molar-refractivity contribution in [1.82, 2.24) is 29.7 Å². The number of benzene rings is 5.